The lowest BCUT2D eigenvalue weighted by molar-refractivity contribution is -0.139. The van der Waals surface area contributed by atoms with Crippen LogP contribution in [0, 0.1) is 0 Å². The van der Waals surface area contributed by atoms with Crippen molar-refractivity contribution in [2.75, 3.05) is 6.61 Å². The Bertz CT molecular complexity index is 526. The number of hydrogen-bond acceptors (Lipinski definition) is 2. The van der Waals surface area contributed by atoms with E-state index in [0.29, 0.717) is 20.8 Å². The Labute approximate surface area is 140 Å². The molecule has 116 valence electrons. The molecule has 6 heteroatoms. The Hall–Kier alpha value is -0.640. The topological polar surface area (TPSA) is 29.5 Å². The van der Waals surface area contributed by atoms with Gasteiger partial charge in [-0.15, -0.1) is 0 Å². The Balaban J connectivity index is 2.02. The maximum atomic E-state index is 12.4. The van der Waals surface area contributed by atoms with Gasteiger partial charge < -0.3 is 9.64 Å². The molecule has 1 aromatic rings. The summed E-state index contributed by atoms with van der Waals surface area (Å²) in [6, 6.07) is 3.53. The lowest BCUT2D eigenvalue weighted by Crippen LogP contribution is -2.49. The average molecular weight is 351 g/mol. The van der Waals surface area contributed by atoms with Gasteiger partial charge >= 0.3 is 0 Å². The van der Waals surface area contributed by atoms with Crippen molar-refractivity contribution in [1.29, 1.82) is 0 Å². The number of nitrogens with zero attached hydrogens (tertiary/aromatic N) is 1. The summed E-state index contributed by atoms with van der Waals surface area (Å²) in [7, 11) is 0. The number of piperidine rings is 1. The molecule has 0 spiro atoms. The van der Waals surface area contributed by atoms with Crippen LogP contribution in [0.25, 0.3) is 0 Å². The first-order valence-corrected chi connectivity index (χ1v) is 8.12. The van der Waals surface area contributed by atoms with Crippen molar-refractivity contribution in [2.24, 2.45) is 0 Å². The van der Waals surface area contributed by atoms with Crippen molar-refractivity contribution in [3.63, 3.8) is 0 Å². The van der Waals surface area contributed by atoms with Crippen molar-refractivity contribution in [3.8, 4) is 5.75 Å². The van der Waals surface area contributed by atoms with E-state index in [4.69, 9.17) is 39.5 Å². The maximum absolute atomic E-state index is 12.4. The molecule has 2 unspecified atom stereocenters. The van der Waals surface area contributed by atoms with Gasteiger partial charge in [-0.2, -0.15) is 0 Å². The third-order valence-electron chi connectivity index (χ3n) is 3.81. The Morgan fingerprint density at radius 2 is 1.71 bits per heavy atom. The van der Waals surface area contributed by atoms with E-state index in [2.05, 4.69) is 13.8 Å². The second-order valence-electron chi connectivity index (χ2n) is 5.42. The molecule has 1 aliphatic heterocycles. The second kappa shape index (κ2) is 7.08. The molecule has 2 atom stereocenters. The van der Waals surface area contributed by atoms with Crippen LogP contribution < -0.4 is 4.74 Å². The molecule has 21 heavy (non-hydrogen) atoms. The van der Waals surface area contributed by atoms with Crippen LogP contribution in [0.5, 0.6) is 5.75 Å². The predicted octanol–water partition coefficient (Wildman–Crippen LogP) is 4.82. The van der Waals surface area contributed by atoms with Crippen LogP contribution in [0.3, 0.4) is 0 Å². The van der Waals surface area contributed by atoms with Gasteiger partial charge in [0.05, 0.1) is 15.1 Å². The number of hydrogen-bond donors (Lipinski definition) is 0. The highest BCUT2D eigenvalue weighted by Gasteiger charge is 2.29. The quantitative estimate of drug-likeness (QED) is 0.732. The summed E-state index contributed by atoms with van der Waals surface area (Å²) >= 11 is 17.8. The number of carbonyl (C=O) groups excluding carboxylic acids is 1. The first kappa shape index (κ1) is 16.7. The van der Waals surface area contributed by atoms with Gasteiger partial charge in [-0.25, -0.2) is 0 Å². The van der Waals surface area contributed by atoms with Gasteiger partial charge in [0.15, 0.2) is 6.61 Å². The summed E-state index contributed by atoms with van der Waals surface area (Å²) in [4.78, 5) is 14.3. The lowest BCUT2D eigenvalue weighted by atomic mass is 9.97. The van der Waals surface area contributed by atoms with Gasteiger partial charge in [0, 0.05) is 18.2 Å². The van der Waals surface area contributed by atoms with E-state index in [9.17, 15) is 4.79 Å². The SMILES string of the molecule is CC1CCCC(C)N1C(=O)COc1cc(Cl)c(Cl)cc1Cl. The fraction of sp³-hybridized carbons (Fsp3) is 0.533. The number of amides is 1. The molecule has 0 bridgehead atoms. The molecule has 0 N–H and O–H groups in total. The fourth-order valence-electron chi connectivity index (χ4n) is 2.74. The molecule has 0 aromatic heterocycles. The van der Waals surface area contributed by atoms with E-state index in [1.54, 1.807) is 0 Å². The largest absolute Gasteiger partial charge is 0.482 e. The zero-order chi connectivity index (χ0) is 15.6. The van der Waals surface area contributed by atoms with E-state index >= 15 is 0 Å². The van der Waals surface area contributed by atoms with Crippen LogP contribution in [0.4, 0.5) is 0 Å². The molecule has 1 heterocycles. The van der Waals surface area contributed by atoms with E-state index in [0.717, 1.165) is 19.3 Å². The highest BCUT2D eigenvalue weighted by Crippen LogP contribution is 2.34. The van der Waals surface area contributed by atoms with E-state index in [1.165, 1.54) is 12.1 Å². The normalized spacial score (nSPS) is 22.2. The number of likely N-dealkylation sites (tertiary alicyclic amines) is 1. The summed E-state index contributed by atoms with van der Waals surface area (Å²) in [5, 5.41) is 1.05. The number of halogens is 3. The molecule has 1 fully saturated rings. The maximum Gasteiger partial charge on any atom is 0.260 e. The van der Waals surface area contributed by atoms with Crippen LogP contribution >= 0.6 is 34.8 Å². The highest BCUT2D eigenvalue weighted by molar-refractivity contribution is 6.43. The molecular weight excluding hydrogens is 333 g/mol. The molecular formula is C15H18Cl3NO2. The number of benzene rings is 1. The zero-order valence-corrected chi connectivity index (χ0v) is 14.3. The number of ether oxygens (including phenoxy) is 1. The summed E-state index contributed by atoms with van der Waals surface area (Å²) in [5.41, 5.74) is 0. The number of carbonyl (C=O) groups is 1. The van der Waals surface area contributed by atoms with E-state index in [-0.39, 0.29) is 24.6 Å². The smallest absolute Gasteiger partial charge is 0.260 e. The second-order valence-corrected chi connectivity index (χ2v) is 6.64. The predicted molar refractivity (Wildman–Crippen MR) is 86.6 cm³/mol. The van der Waals surface area contributed by atoms with Gasteiger partial charge in [0.1, 0.15) is 5.75 Å². The van der Waals surface area contributed by atoms with Gasteiger partial charge in [0.2, 0.25) is 0 Å². The summed E-state index contributed by atoms with van der Waals surface area (Å²) in [6.07, 6.45) is 3.22. The summed E-state index contributed by atoms with van der Waals surface area (Å²) in [5.74, 6) is 0.341. The molecule has 3 nitrogen and oxygen atoms in total. The Kier molecular flexibility index (Phi) is 5.64. The summed E-state index contributed by atoms with van der Waals surface area (Å²) < 4.78 is 5.52. The minimum atomic E-state index is -0.0492. The first-order chi connectivity index (χ1) is 9.90. The fourth-order valence-corrected chi connectivity index (χ4v) is 3.33. The van der Waals surface area contributed by atoms with Crippen LogP contribution in [-0.2, 0) is 4.79 Å². The van der Waals surface area contributed by atoms with Gasteiger partial charge in [-0.05, 0) is 39.2 Å². The molecule has 1 saturated heterocycles. The van der Waals surface area contributed by atoms with Crippen molar-refractivity contribution >= 4 is 40.7 Å². The molecule has 2 rings (SSSR count). The molecule has 1 aliphatic rings. The lowest BCUT2D eigenvalue weighted by Gasteiger charge is -2.39. The van der Waals surface area contributed by atoms with E-state index in [1.807, 2.05) is 4.90 Å². The molecule has 0 aliphatic carbocycles. The van der Waals surface area contributed by atoms with Crippen LogP contribution in [0.15, 0.2) is 12.1 Å². The van der Waals surface area contributed by atoms with Crippen molar-refractivity contribution in [2.45, 2.75) is 45.2 Å². The monoisotopic (exact) mass is 349 g/mol. The van der Waals surface area contributed by atoms with Gasteiger partial charge in [-0.3, -0.25) is 4.79 Å². The third-order valence-corrected chi connectivity index (χ3v) is 4.82. The molecule has 0 saturated carbocycles. The van der Waals surface area contributed by atoms with E-state index < -0.39 is 0 Å². The molecule has 0 radical (unpaired) electrons. The van der Waals surface area contributed by atoms with Gasteiger partial charge in [0.25, 0.3) is 5.91 Å². The standard InChI is InChI=1S/C15H18Cl3NO2/c1-9-4-3-5-10(2)19(9)15(20)8-21-14-7-12(17)11(16)6-13(14)18/h6-7,9-10H,3-5,8H2,1-2H3. The van der Waals surface area contributed by atoms with Crippen LogP contribution in [0.2, 0.25) is 15.1 Å². The molecule has 1 aromatic carbocycles. The minimum Gasteiger partial charge on any atom is -0.482 e. The van der Waals surface area contributed by atoms with Crippen molar-refractivity contribution in [3.05, 3.63) is 27.2 Å². The number of rotatable bonds is 3. The van der Waals surface area contributed by atoms with Crippen LogP contribution in [0.1, 0.15) is 33.1 Å². The molecule has 1 amide bonds. The van der Waals surface area contributed by atoms with Crippen molar-refractivity contribution in [1.82, 2.24) is 4.90 Å². The van der Waals surface area contributed by atoms with Crippen LogP contribution in [-0.4, -0.2) is 29.5 Å². The first-order valence-electron chi connectivity index (χ1n) is 6.98. The Morgan fingerprint density at radius 1 is 1.14 bits per heavy atom. The third kappa shape index (κ3) is 3.97. The average Bonchev–Trinajstić information content (AvgIpc) is 2.41. The zero-order valence-electron chi connectivity index (χ0n) is 12.0. The minimum absolute atomic E-state index is 0.0307. The van der Waals surface area contributed by atoms with Gasteiger partial charge in [-0.1, -0.05) is 34.8 Å². The highest BCUT2D eigenvalue weighted by atomic mass is 35.5. The van der Waals surface area contributed by atoms with Crippen molar-refractivity contribution < 1.29 is 9.53 Å². The Morgan fingerprint density at radius 3 is 2.33 bits per heavy atom. The summed E-state index contributed by atoms with van der Waals surface area (Å²) in [6.45, 7) is 4.09.